The zero-order valence-corrected chi connectivity index (χ0v) is 9.97. The van der Waals surface area contributed by atoms with Crippen molar-refractivity contribution in [2.45, 2.75) is 38.6 Å². The van der Waals surface area contributed by atoms with Crippen molar-refractivity contribution >= 4 is 17.3 Å². The maximum absolute atomic E-state index is 10.6. The predicted octanol–water partition coefficient (Wildman–Crippen LogP) is 1.40. The Balaban J connectivity index is 2.73. The molecule has 15 heavy (non-hydrogen) atoms. The molecule has 84 valence electrons. The van der Waals surface area contributed by atoms with Crippen LogP contribution in [0.4, 0.5) is 0 Å². The van der Waals surface area contributed by atoms with Gasteiger partial charge in [-0.05, 0) is 0 Å². The maximum Gasteiger partial charge on any atom is 0.320 e. The molecule has 0 bridgehead atoms. The van der Waals surface area contributed by atoms with Crippen LogP contribution in [0, 0.1) is 0 Å². The van der Waals surface area contributed by atoms with Crippen molar-refractivity contribution in [2.75, 3.05) is 0 Å². The highest BCUT2D eigenvalue weighted by molar-refractivity contribution is 7.09. The highest BCUT2D eigenvalue weighted by Gasteiger charge is 2.19. The first-order valence-corrected chi connectivity index (χ1v) is 5.62. The van der Waals surface area contributed by atoms with Crippen molar-refractivity contribution in [1.82, 2.24) is 4.98 Å². The van der Waals surface area contributed by atoms with Gasteiger partial charge in [0.1, 0.15) is 6.04 Å². The van der Waals surface area contributed by atoms with Gasteiger partial charge in [-0.3, -0.25) is 4.79 Å². The number of rotatable bonds is 3. The van der Waals surface area contributed by atoms with Crippen molar-refractivity contribution in [3.05, 3.63) is 16.1 Å². The summed E-state index contributed by atoms with van der Waals surface area (Å²) < 4.78 is 0. The van der Waals surface area contributed by atoms with Crippen LogP contribution in [0.3, 0.4) is 0 Å². The summed E-state index contributed by atoms with van der Waals surface area (Å²) in [5.41, 5.74) is 6.42. The molecule has 1 atom stereocenters. The van der Waals surface area contributed by atoms with Gasteiger partial charge in [-0.2, -0.15) is 0 Å². The molecular weight excluding hydrogens is 212 g/mol. The van der Waals surface area contributed by atoms with Crippen LogP contribution in [0.5, 0.6) is 0 Å². The third kappa shape index (κ3) is 3.28. The van der Waals surface area contributed by atoms with Gasteiger partial charge >= 0.3 is 5.97 Å². The number of carboxylic acids is 1. The average Bonchev–Trinajstić information content (AvgIpc) is 2.51. The molecule has 0 fully saturated rings. The zero-order chi connectivity index (χ0) is 11.6. The molecule has 1 aromatic heterocycles. The lowest BCUT2D eigenvalue weighted by Gasteiger charge is -2.14. The summed E-state index contributed by atoms with van der Waals surface area (Å²) in [6.07, 6.45) is 0.302. The second-order valence-corrected chi connectivity index (χ2v) is 5.47. The van der Waals surface area contributed by atoms with Gasteiger partial charge in [0.15, 0.2) is 0 Å². The summed E-state index contributed by atoms with van der Waals surface area (Å²) >= 11 is 1.47. The van der Waals surface area contributed by atoms with Crippen molar-refractivity contribution < 1.29 is 9.90 Å². The van der Waals surface area contributed by atoms with Gasteiger partial charge in [0.25, 0.3) is 0 Å². The van der Waals surface area contributed by atoms with Gasteiger partial charge in [-0.15, -0.1) is 11.3 Å². The van der Waals surface area contributed by atoms with E-state index in [1.807, 2.05) is 5.38 Å². The lowest BCUT2D eigenvalue weighted by molar-refractivity contribution is -0.138. The molecule has 1 aromatic rings. The Morgan fingerprint density at radius 3 is 2.67 bits per heavy atom. The Morgan fingerprint density at radius 2 is 2.27 bits per heavy atom. The third-order valence-electron chi connectivity index (χ3n) is 2.03. The number of carbonyl (C=O) groups is 1. The van der Waals surface area contributed by atoms with E-state index in [0.29, 0.717) is 6.42 Å². The lowest BCUT2D eigenvalue weighted by atomic mass is 9.93. The first-order chi connectivity index (χ1) is 6.80. The van der Waals surface area contributed by atoms with E-state index in [1.165, 1.54) is 11.3 Å². The lowest BCUT2D eigenvalue weighted by Crippen LogP contribution is -2.32. The Hall–Kier alpha value is -0.940. The third-order valence-corrected chi connectivity index (χ3v) is 2.90. The van der Waals surface area contributed by atoms with Crippen molar-refractivity contribution in [3.63, 3.8) is 0 Å². The summed E-state index contributed by atoms with van der Waals surface area (Å²) in [5.74, 6) is -0.984. The number of hydrogen-bond acceptors (Lipinski definition) is 4. The number of nitrogens with two attached hydrogens (primary N) is 1. The van der Waals surface area contributed by atoms with Crippen LogP contribution in [0.25, 0.3) is 0 Å². The normalized spacial score (nSPS) is 13.9. The van der Waals surface area contributed by atoms with Gasteiger partial charge in [-0.1, -0.05) is 20.8 Å². The fourth-order valence-electron chi connectivity index (χ4n) is 1.02. The Labute approximate surface area is 93.1 Å². The number of carboxylic acid groups (broad SMARTS) is 1. The first-order valence-electron chi connectivity index (χ1n) is 4.74. The van der Waals surface area contributed by atoms with E-state index < -0.39 is 12.0 Å². The molecule has 0 spiro atoms. The summed E-state index contributed by atoms with van der Waals surface area (Å²) in [6, 6.07) is -0.857. The average molecular weight is 228 g/mol. The molecule has 0 aromatic carbocycles. The van der Waals surface area contributed by atoms with Gasteiger partial charge in [0.2, 0.25) is 0 Å². The number of aliphatic carboxylic acids is 1. The van der Waals surface area contributed by atoms with E-state index in [-0.39, 0.29) is 5.41 Å². The predicted molar refractivity (Wildman–Crippen MR) is 60.1 cm³/mol. The van der Waals surface area contributed by atoms with Crippen LogP contribution in [0.2, 0.25) is 0 Å². The molecule has 5 heteroatoms. The minimum atomic E-state index is -0.984. The van der Waals surface area contributed by atoms with Crippen molar-refractivity contribution in [3.8, 4) is 0 Å². The van der Waals surface area contributed by atoms with Crippen LogP contribution >= 0.6 is 11.3 Å². The first kappa shape index (κ1) is 12.1. The number of aromatic nitrogens is 1. The molecule has 0 radical (unpaired) electrons. The highest BCUT2D eigenvalue weighted by atomic mass is 32.1. The largest absolute Gasteiger partial charge is 0.480 e. The molecule has 1 rings (SSSR count). The van der Waals surface area contributed by atoms with E-state index in [0.717, 1.165) is 10.7 Å². The number of thiazole rings is 1. The molecule has 0 saturated carbocycles. The summed E-state index contributed by atoms with van der Waals surface area (Å²) in [6.45, 7) is 6.22. The van der Waals surface area contributed by atoms with Crippen molar-refractivity contribution in [2.24, 2.45) is 5.73 Å². The van der Waals surface area contributed by atoms with E-state index in [4.69, 9.17) is 10.8 Å². The second-order valence-electron chi connectivity index (χ2n) is 4.53. The fourth-order valence-corrected chi connectivity index (χ4v) is 2.11. The molecule has 3 N–H and O–H groups in total. The SMILES string of the molecule is CC(C)(C)c1csc(C[C@H](N)C(=O)O)n1. The van der Waals surface area contributed by atoms with Crippen LogP contribution in [-0.2, 0) is 16.6 Å². The second kappa shape index (κ2) is 4.28. The number of nitrogens with zero attached hydrogens (tertiary/aromatic N) is 1. The molecular formula is C10H16N2O2S. The van der Waals surface area contributed by atoms with Gasteiger partial charge < -0.3 is 10.8 Å². The van der Waals surface area contributed by atoms with E-state index in [9.17, 15) is 4.79 Å². The summed E-state index contributed by atoms with van der Waals surface area (Å²) in [4.78, 5) is 14.9. The monoisotopic (exact) mass is 228 g/mol. The van der Waals surface area contributed by atoms with E-state index in [1.54, 1.807) is 0 Å². The molecule has 0 saturated heterocycles. The molecule has 4 nitrogen and oxygen atoms in total. The molecule has 0 aliphatic rings. The molecule has 0 aliphatic heterocycles. The van der Waals surface area contributed by atoms with Gasteiger partial charge in [-0.25, -0.2) is 4.98 Å². The van der Waals surface area contributed by atoms with Crippen LogP contribution in [0.1, 0.15) is 31.5 Å². The standard InChI is InChI=1S/C10H16N2O2S/c1-10(2,3)7-5-15-8(12-7)4-6(11)9(13)14/h5-6H,4,11H2,1-3H3,(H,13,14)/t6-/m0/s1. The maximum atomic E-state index is 10.6. The van der Waals surface area contributed by atoms with Crippen molar-refractivity contribution in [1.29, 1.82) is 0 Å². The molecule has 0 unspecified atom stereocenters. The van der Waals surface area contributed by atoms with Crippen LogP contribution in [-0.4, -0.2) is 22.1 Å². The van der Waals surface area contributed by atoms with Crippen LogP contribution in [0.15, 0.2) is 5.38 Å². The minimum absolute atomic E-state index is 0.00205. The topological polar surface area (TPSA) is 76.2 Å². The molecule has 0 amide bonds. The highest BCUT2D eigenvalue weighted by Crippen LogP contribution is 2.24. The Kier molecular flexibility index (Phi) is 3.46. The molecule has 0 aliphatic carbocycles. The summed E-state index contributed by atoms with van der Waals surface area (Å²) in [7, 11) is 0. The minimum Gasteiger partial charge on any atom is -0.480 e. The van der Waals surface area contributed by atoms with E-state index in [2.05, 4.69) is 25.8 Å². The number of hydrogen-bond donors (Lipinski definition) is 2. The van der Waals surface area contributed by atoms with Gasteiger partial charge in [0, 0.05) is 17.2 Å². The van der Waals surface area contributed by atoms with Crippen LogP contribution < -0.4 is 5.73 Å². The quantitative estimate of drug-likeness (QED) is 0.819. The molecule has 1 heterocycles. The Bertz CT molecular complexity index is 355. The smallest absolute Gasteiger partial charge is 0.320 e. The zero-order valence-electron chi connectivity index (χ0n) is 9.15. The van der Waals surface area contributed by atoms with E-state index >= 15 is 0 Å². The Morgan fingerprint density at radius 1 is 1.67 bits per heavy atom. The van der Waals surface area contributed by atoms with Gasteiger partial charge in [0.05, 0.1) is 10.7 Å². The summed E-state index contributed by atoms with van der Waals surface area (Å²) in [5, 5.41) is 11.4. The fraction of sp³-hybridized carbons (Fsp3) is 0.600.